The Balaban J connectivity index is 1.63. The lowest BCUT2D eigenvalue weighted by Crippen LogP contribution is -2.54. The Bertz CT molecular complexity index is 518. The van der Waals surface area contributed by atoms with E-state index in [1.54, 1.807) is 6.20 Å². The summed E-state index contributed by atoms with van der Waals surface area (Å²) in [6.45, 7) is 0.426. The molecule has 5 nitrogen and oxygen atoms in total. The molecule has 3 unspecified atom stereocenters. The molecule has 0 radical (unpaired) electrons. The van der Waals surface area contributed by atoms with Crippen LogP contribution in [0.4, 0.5) is 0 Å². The molecule has 2 fully saturated rings. The average Bonchev–Trinajstić information content (AvgIpc) is 2.52. The van der Waals surface area contributed by atoms with E-state index in [9.17, 15) is 9.59 Å². The lowest BCUT2D eigenvalue weighted by Gasteiger charge is -2.40. The van der Waals surface area contributed by atoms with Gasteiger partial charge in [-0.2, -0.15) is 0 Å². The molecule has 2 N–H and O–H groups in total. The smallest absolute Gasteiger partial charge is 0.224 e. The van der Waals surface area contributed by atoms with E-state index >= 15 is 0 Å². The molecular formula is C16H21N3O2. The van der Waals surface area contributed by atoms with Crippen molar-refractivity contribution >= 4 is 11.8 Å². The highest BCUT2D eigenvalue weighted by molar-refractivity contribution is 5.87. The SMILES string of the molecule is O=C1CC(C(=O)NCc2ccccn2)C2CCCCC2N1. The zero-order valence-electron chi connectivity index (χ0n) is 12.0. The van der Waals surface area contributed by atoms with Crippen LogP contribution >= 0.6 is 0 Å². The number of piperidine rings is 1. The minimum absolute atomic E-state index is 0.00703. The van der Waals surface area contributed by atoms with Crippen LogP contribution in [0, 0.1) is 11.8 Å². The fraction of sp³-hybridized carbons (Fsp3) is 0.562. The van der Waals surface area contributed by atoms with Gasteiger partial charge in [0.25, 0.3) is 0 Å². The van der Waals surface area contributed by atoms with Crippen molar-refractivity contribution in [1.82, 2.24) is 15.6 Å². The van der Waals surface area contributed by atoms with E-state index in [0.29, 0.717) is 18.9 Å². The molecule has 21 heavy (non-hydrogen) atoms. The van der Waals surface area contributed by atoms with Crippen LogP contribution in [0.2, 0.25) is 0 Å². The van der Waals surface area contributed by atoms with Gasteiger partial charge in [0.05, 0.1) is 18.2 Å². The molecule has 2 heterocycles. The van der Waals surface area contributed by atoms with Crippen molar-refractivity contribution in [2.24, 2.45) is 11.8 Å². The zero-order chi connectivity index (χ0) is 14.7. The van der Waals surface area contributed by atoms with Crippen LogP contribution in [0.5, 0.6) is 0 Å². The molecule has 2 amide bonds. The Hall–Kier alpha value is -1.91. The van der Waals surface area contributed by atoms with Gasteiger partial charge in [0.2, 0.25) is 11.8 Å². The van der Waals surface area contributed by atoms with Crippen LogP contribution in [-0.4, -0.2) is 22.8 Å². The number of amides is 2. The number of hydrogen-bond donors (Lipinski definition) is 2. The molecule has 0 spiro atoms. The monoisotopic (exact) mass is 287 g/mol. The Morgan fingerprint density at radius 3 is 3.00 bits per heavy atom. The quantitative estimate of drug-likeness (QED) is 0.882. The molecule has 0 bridgehead atoms. The maximum Gasteiger partial charge on any atom is 0.224 e. The van der Waals surface area contributed by atoms with Gasteiger partial charge in [-0.15, -0.1) is 0 Å². The summed E-state index contributed by atoms with van der Waals surface area (Å²) in [7, 11) is 0. The summed E-state index contributed by atoms with van der Waals surface area (Å²) in [6.07, 6.45) is 6.36. The van der Waals surface area contributed by atoms with Crippen LogP contribution in [0.15, 0.2) is 24.4 Å². The number of carbonyl (C=O) groups is 2. The molecule has 112 valence electrons. The highest BCUT2D eigenvalue weighted by atomic mass is 16.2. The molecular weight excluding hydrogens is 266 g/mol. The molecule has 1 aromatic heterocycles. The summed E-state index contributed by atoms with van der Waals surface area (Å²) in [4.78, 5) is 28.5. The minimum Gasteiger partial charge on any atom is -0.353 e. The van der Waals surface area contributed by atoms with Crippen molar-refractivity contribution in [3.63, 3.8) is 0 Å². The molecule has 3 atom stereocenters. The van der Waals surface area contributed by atoms with E-state index in [0.717, 1.165) is 31.4 Å². The van der Waals surface area contributed by atoms with Crippen molar-refractivity contribution in [1.29, 1.82) is 0 Å². The molecule has 5 heteroatoms. The number of fused-ring (bicyclic) bond motifs is 1. The van der Waals surface area contributed by atoms with E-state index in [1.165, 1.54) is 0 Å². The second-order valence-corrected chi connectivity index (χ2v) is 5.97. The summed E-state index contributed by atoms with van der Waals surface area (Å²) in [5, 5.41) is 5.99. The molecule has 0 aromatic carbocycles. The standard InChI is InChI=1S/C16H21N3O2/c20-15-9-13(12-6-1-2-7-14(12)19-15)16(21)18-10-11-5-3-4-8-17-11/h3-5,8,12-14H,1-2,6-7,9-10H2,(H,18,21)(H,19,20). The second-order valence-electron chi connectivity index (χ2n) is 5.97. The summed E-state index contributed by atoms with van der Waals surface area (Å²) < 4.78 is 0. The highest BCUT2D eigenvalue weighted by Crippen LogP contribution is 2.35. The number of hydrogen-bond acceptors (Lipinski definition) is 3. The number of carbonyl (C=O) groups excluding carboxylic acids is 2. The van der Waals surface area contributed by atoms with Gasteiger partial charge in [-0.1, -0.05) is 18.9 Å². The van der Waals surface area contributed by atoms with E-state index in [2.05, 4.69) is 15.6 Å². The summed E-state index contributed by atoms with van der Waals surface area (Å²) in [5.74, 6) is 0.108. The Morgan fingerprint density at radius 2 is 2.19 bits per heavy atom. The van der Waals surface area contributed by atoms with Crippen LogP contribution < -0.4 is 10.6 Å². The Labute approximate surface area is 124 Å². The molecule has 1 saturated carbocycles. The van der Waals surface area contributed by atoms with Crippen molar-refractivity contribution in [2.45, 2.75) is 44.7 Å². The van der Waals surface area contributed by atoms with Gasteiger partial charge in [0.1, 0.15) is 0 Å². The number of pyridine rings is 1. The maximum atomic E-state index is 12.5. The lowest BCUT2D eigenvalue weighted by atomic mass is 9.72. The highest BCUT2D eigenvalue weighted by Gasteiger charge is 2.41. The summed E-state index contributed by atoms with van der Waals surface area (Å²) >= 11 is 0. The maximum absolute atomic E-state index is 12.5. The topological polar surface area (TPSA) is 71.1 Å². The van der Waals surface area contributed by atoms with Gasteiger partial charge in [0, 0.05) is 18.7 Å². The van der Waals surface area contributed by atoms with Gasteiger partial charge < -0.3 is 10.6 Å². The number of rotatable bonds is 3. The van der Waals surface area contributed by atoms with Crippen LogP contribution in [0.3, 0.4) is 0 Å². The average molecular weight is 287 g/mol. The number of aromatic nitrogens is 1. The first-order valence-electron chi connectivity index (χ1n) is 7.71. The largest absolute Gasteiger partial charge is 0.353 e. The predicted molar refractivity (Wildman–Crippen MR) is 78.1 cm³/mol. The Morgan fingerprint density at radius 1 is 1.33 bits per heavy atom. The number of nitrogens with zero attached hydrogens (tertiary/aromatic N) is 1. The first kappa shape index (κ1) is 14.0. The minimum atomic E-state index is -0.187. The predicted octanol–water partition coefficient (Wildman–Crippen LogP) is 1.39. The molecule has 1 aliphatic heterocycles. The van der Waals surface area contributed by atoms with E-state index in [1.807, 2.05) is 18.2 Å². The first-order valence-corrected chi connectivity index (χ1v) is 7.71. The third-order valence-corrected chi connectivity index (χ3v) is 4.59. The number of nitrogens with one attached hydrogen (secondary N) is 2. The van der Waals surface area contributed by atoms with Gasteiger partial charge in [-0.25, -0.2) is 0 Å². The van der Waals surface area contributed by atoms with Gasteiger partial charge in [0.15, 0.2) is 0 Å². The first-order chi connectivity index (χ1) is 10.2. The van der Waals surface area contributed by atoms with Gasteiger partial charge >= 0.3 is 0 Å². The van der Waals surface area contributed by atoms with Crippen molar-refractivity contribution in [2.75, 3.05) is 0 Å². The van der Waals surface area contributed by atoms with E-state index in [-0.39, 0.29) is 23.8 Å². The van der Waals surface area contributed by atoms with Gasteiger partial charge in [-0.05, 0) is 30.9 Å². The lowest BCUT2D eigenvalue weighted by molar-refractivity contribution is -0.137. The normalized spacial score (nSPS) is 28.4. The third kappa shape index (κ3) is 3.23. The fourth-order valence-corrected chi connectivity index (χ4v) is 3.54. The van der Waals surface area contributed by atoms with Crippen LogP contribution in [0.25, 0.3) is 0 Å². The molecule has 2 aliphatic rings. The summed E-state index contributed by atoms with van der Waals surface area (Å²) in [6, 6.07) is 5.83. The van der Waals surface area contributed by atoms with E-state index < -0.39 is 0 Å². The van der Waals surface area contributed by atoms with Crippen molar-refractivity contribution < 1.29 is 9.59 Å². The van der Waals surface area contributed by atoms with Crippen molar-refractivity contribution in [3.05, 3.63) is 30.1 Å². The molecule has 1 aromatic rings. The second kappa shape index (κ2) is 6.24. The van der Waals surface area contributed by atoms with Crippen molar-refractivity contribution in [3.8, 4) is 0 Å². The van der Waals surface area contributed by atoms with Crippen LogP contribution in [-0.2, 0) is 16.1 Å². The summed E-state index contributed by atoms with van der Waals surface area (Å²) in [5.41, 5.74) is 0.839. The van der Waals surface area contributed by atoms with Crippen LogP contribution in [0.1, 0.15) is 37.8 Å². The molecule has 3 rings (SSSR count). The Kier molecular flexibility index (Phi) is 4.18. The third-order valence-electron chi connectivity index (χ3n) is 4.59. The molecule has 1 aliphatic carbocycles. The fourth-order valence-electron chi connectivity index (χ4n) is 3.54. The van der Waals surface area contributed by atoms with Gasteiger partial charge in [-0.3, -0.25) is 14.6 Å². The molecule has 1 saturated heterocycles. The van der Waals surface area contributed by atoms with E-state index in [4.69, 9.17) is 0 Å². The zero-order valence-corrected chi connectivity index (χ0v) is 12.0.